The zero-order valence-corrected chi connectivity index (χ0v) is 10.1. The van der Waals surface area contributed by atoms with Gasteiger partial charge in [-0.15, -0.1) is 11.6 Å². The smallest absolute Gasteiger partial charge is 0.184 e. The Hall–Kier alpha value is -1.40. The van der Waals surface area contributed by atoms with E-state index in [4.69, 9.17) is 26.3 Å². The Morgan fingerprint density at radius 2 is 2.25 bits per heavy atom. The molecule has 86 valence electrons. The van der Waals surface area contributed by atoms with Crippen molar-refractivity contribution in [1.82, 2.24) is 0 Å². The van der Waals surface area contributed by atoms with Crippen LogP contribution in [0.25, 0.3) is 0 Å². The average molecular weight is 240 g/mol. The van der Waals surface area contributed by atoms with E-state index in [9.17, 15) is 0 Å². The lowest BCUT2D eigenvalue weighted by Crippen LogP contribution is -2.13. The summed E-state index contributed by atoms with van der Waals surface area (Å²) < 4.78 is 10.6. The fourth-order valence-electron chi connectivity index (χ4n) is 1.26. The first-order chi connectivity index (χ1) is 7.74. The van der Waals surface area contributed by atoms with E-state index < -0.39 is 6.10 Å². The van der Waals surface area contributed by atoms with Crippen LogP contribution < -0.4 is 9.47 Å². The molecular formula is C12H14ClNO2. The molecule has 0 spiro atoms. The Balaban J connectivity index is 2.91. The van der Waals surface area contributed by atoms with E-state index in [2.05, 4.69) is 6.07 Å². The van der Waals surface area contributed by atoms with E-state index in [1.807, 2.05) is 13.0 Å². The van der Waals surface area contributed by atoms with E-state index in [0.717, 1.165) is 11.3 Å². The standard InChI is InChI=1S/C12H14ClNO2/c1-3-10(8-14)16-12-5-4-11(15-2)6-9(12)7-13/h4-6,10H,3,7H2,1-2H3. The van der Waals surface area contributed by atoms with Gasteiger partial charge in [-0.25, -0.2) is 0 Å². The van der Waals surface area contributed by atoms with Gasteiger partial charge in [-0.05, 0) is 24.6 Å². The lowest BCUT2D eigenvalue weighted by molar-refractivity contribution is 0.249. The predicted molar refractivity (Wildman–Crippen MR) is 62.9 cm³/mol. The van der Waals surface area contributed by atoms with Crippen LogP contribution in [0.4, 0.5) is 0 Å². The molecule has 1 unspecified atom stereocenters. The second kappa shape index (κ2) is 6.24. The molecule has 0 saturated carbocycles. The van der Waals surface area contributed by atoms with E-state index in [0.29, 0.717) is 18.1 Å². The van der Waals surface area contributed by atoms with Crippen molar-refractivity contribution >= 4 is 11.6 Å². The molecular weight excluding hydrogens is 226 g/mol. The van der Waals surface area contributed by atoms with Crippen LogP contribution in [0, 0.1) is 11.3 Å². The van der Waals surface area contributed by atoms with Gasteiger partial charge in [-0.1, -0.05) is 6.92 Å². The molecule has 0 fully saturated rings. The highest BCUT2D eigenvalue weighted by Gasteiger charge is 2.10. The fraction of sp³-hybridized carbons (Fsp3) is 0.417. The molecule has 0 aliphatic carbocycles. The van der Waals surface area contributed by atoms with E-state index in [1.54, 1.807) is 19.2 Å². The molecule has 0 aliphatic rings. The zero-order chi connectivity index (χ0) is 12.0. The molecule has 4 heteroatoms. The molecule has 0 amide bonds. The Kier molecular flexibility index (Phi) is 4.94. The van der Waals surface area contributed by atoms with Crippen molar-refractivity contribution in [3.05, 3.63) is 23.8 Å². The SMILES string of the molecule is CCC(C#N)Oc1ccc(OC)cc1CCl. The predicted octanol–water partition coefficient (Wildman–Crippen LogP) is 3.11. The van der Waals surface area contributed by atoms with Crippen LogP contribution in [0.1, 0.15) is 18.9 Å². The third kappa shape index (κ3) is 3.04. The summed E-state index contributed by atoms with van der Waals surface area (Å²) in [5, 5.41) is 8.82. The van der Waals surface area contributed by atoms with Gasteiger partial charge in [0.05, 0.1) is 13.0 Å². The number of ether oxygens (including phenoxy) is 2. The van der Waals surface area contributed by atoms with Gasteiger partial charge in [0.25, 0.3) is 0 Å². The summed E-state index contributed by atoms with van der Waals surface area (Å²) >= 11 is 5.81. The molecule has 0 N–H and O–H groups in total. The molecule has 0 aromatic heterocycles. The second-order valence-electron chi connectivity index (χ2n) is 3.25. The Labute approximate surface area is 101 Å². The van der Waals surface area contributed by atoms with Crippen molar-refractivity contribution in [1.29, 1.82) is 5.26 Å². The summed E-state index contributed by atoms with van der Waals surface area (Å²) in [7, 11) is 1.60. The molecule has 0 radical (unpaired) electrons. The summed E-state index contributed by atoms with van der Waals surface area (Å²) in [6.07, 6.45) is 0.208. The molecule has 1 aromatic carbocycles. The normalized spacial score (nSPS) is 11.6. The van der Waals surface area contributed by atoms with Crippen LogP contribution in [0.2, 0.25) is 0 Å². The van der Waals surface area contributed by atoms with E-state index in [1.165, 1.54) is 0 Å². The van der Waals surface area contributed by atoms with Gasteiger partial charge in [0.2, 0.25) is 0 Å². The third-order valence-corrected chi connectivity index (χ3v) is 2.48. The fourth-order valence-corrected chi connectivity index (χ4v) is 1.47. The van der Waals surface area contributed by atoms with E-state index >= 15 is 0 Å². The van der Waals surface area contributed by atoms with Crippen molar-refractivity contribution in [2.45, 2.75) is 25.3 Å². The number of halogens is 1. The quantitative estimate of drug-likeness (QED) is 0.742. The van der Waals surface area contributed by atoms with Gasteiger partial charge in [-0.2, -0.15) is 5.26 Å². The highest BCUT2D eigenvalue weighted by molar-refractivity contribution is 6.17. The minimum absolute atomic E-state index is 0.328. The lowest BCUT2D eigenvalue weighted by Gasteiger charge is -2.14. The zero-order valence-electron chi connectivity index (χ0n) is 9.37. The van der Waals surface area contributed by atoms with Gasteiger partial charge in [0.1, 0.15) is 17.6 Å². The highest BCUT2D eigenvalue weighted by atomic mass is 35.5. The van der Waals surface area contributed by atoms with Gasteiger partial charge < -0.3 is 9.47 Å². The Morgan fingerprint density at radius 1 is 1.50 bits per heavy atom. The minimum atomic E-state index is -0.435. The van der Waals surface area contributed by atoms with Crippen molar-refractivity contribution in [3.63, 3.8) is 0 Å². The first-order valence-corrected chi connectivity index (χ1v) is 5.57. The van der Waals surface area contributed by atoms with Crippen LogP contribution in [-0.4, -0.2) is 13.2 Å². The third-order valence-electron chi connectivity index (χ3n) is 2.20. The van der Waals surface area contributed by atoms with Gasteiger partial charge in [0, 0.05) is 5.56 Å². The van der Waals surface area contributed by atoms with Gasteiger partial charge in [0.15, 0.2) is 6.10 Å². The number of rotatable bonds is 5. The maximum atomic E-state index is 8.82. The maximum Gasteiger partial charge on any atom is 0.184 e. The molecule has 0 aliphatic heterocycles. The molecule has 0 saturated heterocycles. The Morgan fingerprint density at radius 3 is 2.75 bits per heavy atom. The molecule has 0 heterocycles. The summed E-state index contributed by atoms with van der Waals surface area (Å²) in [5.74, 6) is 1.70. The molecule has 3 nitrogen and oxygen atoms in total. The van der Waals surface area contributed by atoms with Crippen LogP contribution in [0.3, 0.4) is 0 Å². The summed E-state index contributed by atoms with van der Waals surface area (Å²) in [6, 6.07) is 7.46. The van der Waals surface area contributed by atoms with Gasteiger partial charge in [-0.3, -0.25) is 0 Å². The van der Waals surface area contributed by atoms with Crippen LogP contribution in [0.15, 0.2) is 18.2 Å². The first kappa shape index (κ1) is 12.7. The van der Waals surface area contributed by atoms with Crippen molar-refractivity contribution in [2.24, 2.45) is 0 Å². The minimum Gasteiger partial charge on any atom is -0.497 e. The highest BCUT2D eigenvalue weighted by Crippen LogP contribution is 2.26. The first-order valence-electron chi connectivity index (χ1n) is 5.04. The molecule has 1 aromatic rings. The number of nitrogens with zero attached hydrogens (tertiary/aromatic N) is 1. The number of nitriles is 1. The topological polar surface area (TPSA) is 42.2 Å². The van der Waals surface area contributed by atoms with Crippen molar-refractivity contribution in [2.75, 3.05) is 7.11 Å². The summed E-state index contributed by atoms with van der Waals surface area (Å²) in [6.45, 7) is 1.90. The molecule has 1 atom stereocenters. The largest absolute Gasteiger partial charge is 0.497 e. The second-order valence-corrected chi connectivity index (χ2v) is 3.52. The number of alkyl halides is 1. The molecule has 0 bridgehead atoms. The number of hydrogen-bond donors (Lipinski definition) is 0. The average Bonchev–Trinajstić information content (AvgIpc) is 2.35. The molecule has 1 rings (SSSR count). The van der Waals surface area contributed by atoms with Crippen molar-refractivity contribution in [3.8, 4) is 17.6 Å². The number of hydrogen-bond acceptors (Lipinski definition) is 3. The van der Waals surface area contributed by atoms with Crippen LogP contribution in [-0.2, 0) is 5.88 Å². The summed E-state index contributed by atoms with van der Waals surface area (Å²) in [4.78, 5) is 0. The Bertz CT molecular complexity index is 387. The summed E-state index contributed by atoms with van der Waals surface area (Å²) in [5.41, 5.74) is 0.828. The van der Waals surface area contributed by atoms with Crippen LogP contribution in [0.5, 0.6) is 11.5 Å². The maximum absolute atomic E-state index is 8.82. The van der Waals surface area contributed by atoms with E-state index in [-0.39, 0.29) is 0 Å². The number of methoxy groups -OCH3 is 1. The van der Waals surface area contributed by atoms with Crippen molar-refractivity contribution < 1.29 is 9.47 Å². The monoisotopic (exact) mass is 239 g/mol. The molecule has 16 heavy (non-hydrogen) atoms. The lowest BCUT2D eigenvalue weighted by atomic mass is 10.2. The van der Waals surface area contributed by atoms with Crippen LogP contribution >= 0.6 is 11.6 Å². The number of benzene rings is 1. The van der Waals surface area contributed by atoms with Gasteiger partial charge >= 0.3 is 0 Å².